The van der Waals surface area contributed by atoms with E-state index in [1.165, 1.54) is 18.2 Å². The Hall–Kier alpha value is -2.76. The van der Waals surface area contributed by atoms with Crippen molar-refractivity contribution in [1.82, 2.24) is 15.6 Å². The first-order valence-corrected chi connectivity index (χ1v) is 9.30. The van der Waals surface area contributed by atoms with Gasteiger partial charge in [0.1, 0.15) is 5.82 Å². The summed E-state index contributed by atoms with van der Waals surface area (Å²) in [5.74, 6) is -0.809. The van der Waals surface area contributed by atoms with Crippen LogP contribution in [-0.4, -0.2) is 27.9 Å². The molecule has 2 N–H and O–H groups in total. The fourth-order valence-corrected chi connectivity index (χ4v) is 4.59. The second-order valence-electron chi connectivity index (χ2n) is 7.75. The fraction of sp³-hybridized carbons (Fsp3) is 0.381. The van der Waals surface area contributed by atoms with E-state index in [9.17, 15) is 14.0 Å². The molecule has 2 bridgehead atoms. The molecule has 1 aromatic heterocycles. The lowest BCUT2D eigenvalue weighted by Crippen LogP contribution is -2.55. The van der Waals surface area contributed by atoms with Crippen molar-refractivity contribution in [3.05, 3.63) is 65.7 Å². The van der Waals surface area contributed by atoms with Crippen LogP contribution < -0.4 is 10.6 Å². The summed E-state index contributed by atoms with van der Waals surface area (Å²) in [5.41, 5.74) is 0.218. The molecule has 6 heteroatoms. The predicted octanol–water partition coefficient (Wildman–Crippen LogP) is 3.23. The van der Waals surface area contributed by atoms with Gasteiger partial charge in [-0.15, -0.1) is 0 Å². The van der Waals surface area contributed by atoms with Crippen LogP contribution >= 0.6 is 0 Å². The Morgan fingerprint density at radius 2 is 1.59 bits per heavy atom. The second-order valence-corrected chi connectivity index (χ2v) is 7.75. The summed E-state index contributed by atoms with van der Waals surface area (Å²) < 4.78 is 13.4. The lowest BCUT2D eigenvalue weighted by molar-refractivity contribution is 0.0832. The molecule has 1 heterocycles. The number of carbonyl (C=O) groups is 2. The van der Waals surface area contributed by atoms with Gasteiger partial charge in [0.2, 0.25) is 0 Å². The van der Waals surface area contributed by atoms with E-state index in [0.29, 0.717) is 17.5 Å². The standard InChI is InChI=1S/C21H22FN3O2/c22-17-6-1-4-15(12-17)18(26)24-20-7-3-8-21(14-20,10-9-20)25-19(27)16-5-2-11-23-13-16/h1-2,4-6,11-13H,3,7-10,14H2,(H,24,26)(H,25,27). The van der Waals surface area contributed by atoms with Crippen molar-refractivity contribution in [3.63, 3.8) is 0 Å². The maximum absolute atomic E-state index is 13.4. The molecule has 2 aliphatic carbocycles. The minimum Gasteiger partial charge on any atom is -0.347 e. The Morgan fingerprint density at radius 3 is 2.22 bits per heavy atom. The van der Waals surface area contributed by atoms with E-state index < -0.39 is 5.82 Å². The largest absolute Gasteiger partial charge is 0.347 e. The summed E-state index contributed by atoms with van der Waals surface area (Å²) in [5, 5.41) is 6.33. The van der Waals surface area contributed by atoms with Crippen molar-refractivity contribution in [2.75, 3.05) is 0 Å². The van der Waals surface area contributed by atoms with Crippen molar-refractivity contribution in [2.45, 2.75) is 49.6 Å². The lowest BCUT2D eigenvalue weighted by Gasteiger charge is -2.40. The highest BCUT2D eigenvalue weighted by Crippen LogP contribution is 2.48. The first-order chi connectivity index (χ1) is 13.0. The number of fused-ring (bicyclic) bond motifs is 2. The van der Waals surface area contributed by atoms with Crippen molar-refractivity contribution in [3.8, 4) is 0 Å². The molecule has 0 spiro atoms. The maximum atomic E-state index is 13.4. The number of hydrogen-bond donors (Lipinski definition) is 2. The Bertz CT molecular complexity index is 873. The van der Waals surface area contributed by atoms with E-state index in [1.54, 1.807) is 30.6 Å². The molecule has 0 aliphatic heterocycles. The number of hydrogen-bond acceptors (Lipinski definition) is 3. The van der Waals surface area contributed by atoms with Crippen LogP contribution in [0, 0.1) is 5.82 Å². The predicted molar refractivity (Wildman–Crippen MR) is 98.7 cm³/mol. The van der Waals surface area contributed by atoms with Gasteiger partial charge in [-0.1, -0.05) is 6.07 Å². The van der Waals surface area contributed by atoms with Crippen LogP contribution in [0.4, 0.5) is 4.39 Å². The van der Waals surface area contributed by atoms with Gasteiger partial charge in [0, 0.05) is 29.0 Å². The van der Waals surface area contributed by atoms with Gasteiger partial charge in [0.05, 0.1) is 5.56 Å². The molecule has 2 atom stereocenters. The number of nitrogens with one attached hydrogen (secondary N) is 2. The number of carbonyl (C=O) groups excluding carboxylic acids is 2. The lowest BCUT2D eigenvalue weighted by atomic mass is 9.78. The zero-order valence-corrected chi connectivity index (χ0v) is 15.0. The van der Waals surface area contributed by atoms with E-state index in [-0.39, 0.29) is 22.9 Å². The molecule has 2 fully saturated rings. The average molecular weight is 367 g/mol. The molecular weight excluding hydrogens is 345 g/mol. The zero-order valence-electron chi connectivity index (χ0n) is 15.0. The van der Waals surface area contributed by atoms with E-state index >= 15 is 0 Å². The molecule has 2 aromatic rings. The Kier molecular flexibility index (Phi) is 4.42. The number of halogens is 1. The van der Waals surface area contributed by atoms with Gasteiger partial charge in [-0.05, 0) is 68.9 Å². The van der Waals surface area contributed by atoms with Crippen molar-refractivity contribution in [1.29, 1.82) is 0 Å². The first-order valence-electron chi connectivity index (χ1n) is 9.30. The Morgan fingerprint density at radius 1 is 0.926 bits per heavy atom. The van der Waals surface area contributed by atoms with E-state index in [4.69, 9.17) is 0 Å². The third-order valence-corrected chi connectivity index (χ3v) is 5.84. The molecule has 140 valence electrons. The summed E-state index contributed by atoms with van der Waals surface area (Å²) in [7, 11) is 0. The summed E-state index contributed by atoms with van der Waals surface area (Å²) in [6.07, 6.45) is 8.23. The monoisotopic (exact) mass is 367 g/mol. The molecule has 5 nitrogen and oxygen atoms in total. The van der Waals surface area contributed by atoms with Crippen molar-refractivity contribution < 1.29 is 14.0 Å². The summed E-state index contributed by atoms with van der Waals surface area (Å²) in [6, 6.07) is 9.22. The smallest absolute Gasteiger partial charge is 0.253 e. The minimum absolute atomic E-state index is 0.128. The number of aromatic nitrogens is 1. The molecule has 2 saturated carbocycles. The molecule has 4 rings (SSSR count). The molecule has 27 heavy (non-hydrogen) atoms. The normalized spacial score (nSPS) is 26.4. The van der Waals surface area contributed by atoms with Crippen LogP contribution in [0.15, 0.2) is 48.8 Å². The molecule has 0 saturated heterocycles. The van der Waals surface area contributed by atoms with Crippen LogP contribution in [0.25, 0.3) is 0 Å². The molecular formula is C21H22FN3O2. The van der Waals surface area contributed by atoms with E-state index in [0.717, 1.165) is 32.1 Å². The summed E-state index contributed by atoms with van der Waals surface area (Å²) in [4.78, 5) is 29.2. The third kappa shape index (κ3) is 3.56. The SMILES string of the molecule is O=C(NC12CCCC(NC(=O)c3cccc(F)c3)(CC1)C2)c1cccnc1. The number of pyridine rings is 1. The molecule has 2 aliphatic rings. The fourth-order valence-electron chi connectivity index (χ4n) is 4.59. The molecule has 2 unspecified atom stereocenters. The number of nitrogens with zero attached hydrogens (tertiary/aromatic N) is 1. The Balaban J connectivity index is 1.48. The van der Waals surface area contributed by atoms with Crippen molar-refractivity contribution >= 4 is 11.8 Å². The molecule has 1 aromatic carbocycles. The number of benzene rings is 1. The van der Waals surface area contributed by atoms with Crippen LogP contribution in [-0.2, 0) is 0 Å². The van der Waals surface area contributed by atoms with Gasteiger partial charge in [0.15, 0.2) is 0 Å². The van der Waals surface area contributed by atoms with Gasteiger partial charge in [0.25, 0.3) is 11.8 Å². The van der Waals surface area contributed by atoms with Gasteiger partial charge >= 0.3 is 0 Å². The second kappa shape index (κ2) is 6.76. The van der Waals surface area contributed by atoms with Gasteiger partial charge in [-0.2, -0.15) is 0 Å². The highest BCUT2D eigenvalue weighted by atomic mass is 19.1. The number of rotatable bonds is 4. The van der Waals surface area contributed by atoms with Crippen LogP contribution in [0.1, 0.15) is 59.2 Å². The Labute approximate surface area is 157 Å². The molecule has 2 amide bonds. The van der Waals surface area contributed by atoms with Crippen molar-refractivity contribution in [2.24, 2.45) is 0 Å². The zero-order chi connectivity index (χ0) is 18.9. The van der Waals surface area contributed by atoms with Crippen LogP contribution in [0.5, 0.6) is 0 Å². The van der Waals surface area contributed by atoms with E-state index in [1.807, 2.05) is 0 Å². The first kappa shape index (κ1) is 17.6. The van der Waals surface area contributed by atoms with Gasteiger partial charge in [-0.3, -0.25) is 14.6 Å². The quantitative estimate of drug-likeness (QED) is 0.872. The highest BCUT2D eigenvalue weighted by molar-refractivity contribution is 5.95. The summed E-state index contributed by atoms with van der Waals surface area (Å²) >= 11 is 0. The maximum Gasteiger partial charge on any atom is 0.253 e. The van der Waals surface area contributed by atoms with E-state index in [2.05, 4.69) is 15.6 Å². The minimum atomic E-state index is -0.423. The van der Waals surface area contributed by atoms with Crippen LogP contribution in [0.2, 0.25) is 0 Å². The topological polar surface area (TPSA) is 71.1 Å². The average Bonchev–Trinajstić information content (AvgIpc) is 2.92. The highest BCUT2D eigenvalue weighted by Gasteiger charge is 2.52. The summed E-state index contributed by atoms with van der Waals surface area (Å²) in [6.45, 7) is 0. The molecule has 0 radical (unpaired) electrons. The van der Waals surface area contributed by atoms with Gasteiger partial charge < -0.3 is 10.6 Å². The van der Waals surface area contributed by atoms with Gasteiger partial charge in [-0.25, -0.2) is 4.39 Å². The third-order valence-electron chi connectivity index (χ3n) is 5.84. The number of amides is 2. The van der Waals surface area contributed by atoms with Crippen LogP contribution in [0.3, 0.4) is 0 Å².